The Morgan fingerprint density at radius 3 is 1.95 bits per heavy atom. The van der Waals surface area contributed by atoms with Crippen LogP contribution in [0.3, 0.4) is 0 Å². The molecule has 1 amide bonds. The molecule has 2 fully saturated rings. The molecule has 2 aliphatic rings. The second-order valence-corrected chi connectivity index (χ2v) is 19.1. The van der Waals surface area contributed by atoms with Crippen LogP contribution in [0.1, 0.15) is 58.8 Å². The second-order valence-electron chi connectivity index (χ2n) is 12.2. The maximum absolute atomic E-state index is 13.8. The summed E-state index contributed by atoms with van der Waals surface area (Å²) >= 11 is 0. The predicted octanol–water partition coefficient (Wildman–Crippen LogP) is 5.42. The number of amides is 1. The van der Waals surface area contributed by atoms with E-state index in [1.165, 1.54) is 4.90 Å². The summed E-state index contributed by atoms with van der Waals surface area (Å²) in [6.45, 7) is 16.2. The Hall–Kier alpha value is -2.29. The molecule has 8 heteroatoms. The normalized spacial score (nSPS) is 26.0. The SMILES string of the molecule is C[C@@H](O[Si](C)(C)C(C)(C)C)[C@H]1C(=O)N2[C@@H]1S(=O)C(C)(C)[C@@H]2C(=O)OC(c1ccccc1)c1ccccc1. The number of hydrogen-bond donors (Lipinski definition) is 0. The molecule has 6 nitrogen and oxygen atoms in total. The van der Waals surface area contributed by atoms with Crippen LogP contribution in [0, 0.1) is 5.92 Å². The molecule has 5 atom stereocenters. The summed E-state index contributed by atoms with van der Waals surface area (Å²) in [7, 11) is -3.60. The summed E-state index contributed by atoms with van der Waals surface area (Å²) < 4.78 is 25.4. The van der Waals surface area contributed by atoms with Gasteiger partial charge in [-0.2, -0.15) is 0 Å². The number of β-lactam (4-membered cyclic amide) rings is 1. The quantitative estimate of drug-likeness (QED) is 0.266. The van der Waals surface area contributed by atoms with E-state index >= 15 is 0 Å². The van der Waals surface area contributed by atoms with E-state index in [0.29, 0.717) is 0 Å². The van der Waals surface area contributed by atoms with Gasteiger partial charge in [-0.15, -0.1) is 0 Å². The monoisotopic (exact) mass is 541 g/mol. The molecule has 4 rings (SSSR count). The van der Waals surface area contributed by atoms with Crippen molar-refractivity contribution in [3.63, 3.8) is 0 Å². The van der Waals surface area contributed by atoms with Crippen molar-refractivity contribution in [3.8, 4) is 0 Å². The number of fused-ring (bicyclic) bond motifs is 1. The first kappa shape index (κ1) is 27.7. The van der Waals surface area contributed by atoms with Crippen LogP contribution in [0.25, 0.3) is 0 Å². The smallest absolute Gasteiger partial charge is 0.331 e. The van der Waals surface area contributed by atoms with E-state index < -0.39 is 53.3 Å². The molecule has 0 N–H and O–H groups in total. The van der Waals surface area contributed by atoms with Gasteiger partial charge in [0, 0.05) is 0 Å². The van der Waals surface area contributed by atoms with E-state index in [1.54, 1.807) is 13.8 Å². The maximum atomic E-state index is 13.8. The van der Waals surface area contributed by atoms with Crippen LogP contribution < -0.4 is 0 Å². The molecule has 2 saturated heterocycles. The number of benzene rings is 2. The molecule has 1 unspecified atom stereocenters. The molecular formula is C29H39NO5SSi. The van der Waals surface area contributed by atoms with Crippen molar-refractivity contribution < 1.29 is 23.0 Å². The highest BCUT2D eigenvalue weighted by Gasteiger charge is 2.69. The maximum Gasteiger partial charge on any atom is 0.331 e. The zero-order valence-corrected chi connectivity index (χ0v) is 24.9. The summed E-state index contributed by atoms with van der Waals surface area (Å²) in [5.41, 5.74) is 1.67. The van der Waals surface area contributed by atoms with Gasteiger partial charge >= 0.3 is 5.97 Å². The molecule has 0 aliphatic carbocycles. The fraction of sp³-hybridized carbons (Fsp3) is 0.517. The van der Waals surface area contributed by atoms with Crippen LogP contribution in [0.5, 0.6) is 0 Å². The van der Waals surface area contributed by atoms with Gasteiger partial charge in [0.25, 0.3) is 0 Å². The molecule has 2 aliphatic heterocycles. The van der Waals surface area contributed by atoms with Gasteiger partial charge in [0.1, 0.15) is 11.4 Å². The highest BCUT2D eigenvalue weighted by molar-refractivity contribution is 7.87. The van der Waals surface area contributed by atoms with Gasteiger partial charge in [0.2, 0.25) is 5.91 Å². The zero-order chi connectivity index (χ0) is 27.3. The van der Waals surface area contributed by atoms with Crippen molar-refractivity contribution >= 4 is 31.0 Å². The minimum atomic E-state index is -2.14. The summed E-state index contributed by atoms with van der Waals surface area (Å²) in [6, 6.07) is 18.1. The molecule has 0 bridgehead atoms. The van der Waals surface area contributed by atoms with E-state index in [2.05, 4.69) is 33.9 Å². The van der Waals surface area contributed by atoms with Crippen molar-refractivity contribution in [1.29, 1.82) is 0 Å². The van der Waals surface area contributed by atoms with Crippen molar-refractivity contribution in [2.24, 2.45) is 5.92 Å². The number of carbonyl (C=O) groups is 2. The first-order valence-corrected chi connectivity index (χ1v) is 17.0. The fourth-order valence-electron chi connectivity index (χ4n) is 5.09. The number of ether oxygens (including phenoxy) is 1. The van der Waals surface area contributed by atoms with Crippen molar-refractivity contribution in [1.82, 2.24) is 4.90 Å². The van der Waals surface area contributed by atoms with Crippen LogP contribution in [0.2, 0.25) is 18.1 Å². The number of rotatable bonds is 7. The second kappa shape index (κ2) is 9.78. The van der Waals surface area contributed by atoms with Crippen LogP contribution >= 0.6 is 0 Å². The molecule has 200 valence electrons. The third-order valence-corrected chi connectivity index (χ3v) is 15.0. The third kappa shape index (κ3) is 4.84. The molecule has 2 aromatic rings. The third-order valence-electron chi connectivity index (χ3n) is 8.25. The lowest BCUT2D eigenvalue weighted by Crippen LogP contribution is -2.67. The lowest BCUT2D eigenvalue weighted by Gasteiger charge is -2.48. The average molecular weight is 542 g/mol. The van der Waals surface area contributed by atoms with E-state index in [-0.39, 0.29) is 17.0 Å². The summed E-state index contributed by atoms with van der Waals surface area (Å²) in [5, 5.41) is -0.579. The molecular weight excluding hydrogens is 502 g/mol. The largest absolute Gasteiger partial charge is 0.451 e. The van der Waals surface area contributed by atoms with E-state index in [4.69, 9.17) is 9.16 Å². The van der Waals surface area contributed by atoms with Crippen molar-refractivity contribution in [2.45, 2.75) is 88.0 Å². The number of hydrogen-bond acceptors (Lipinski definition) is 5. The highest BCUT2D eigenvalue weighted by Crippen LogP contribution is 2.49. The first-order valence-electron chi connectivity index (χ1n) is 12.9. The van der Waals surface area contributed by atoms with E-state index in [9.17, 15) is 13.8 Å². The molecule has 2 heterocycles. The minimum Gasteiger partial charge on any atom is -0.451 e. The molecule has 2 aromatic carbocycles. The lowest BCUT2D eigenvalue weighted by atomic mass is 9.88. The van der Waals surface area contributed by atoms with Crippen LogP contribution in [0.15, 0.2) is 60.7 Å². The van der Waals surface area contributed by atoms with Crippen molar-refractivity contribution in [3.05, 3.63) is 71.8 Å². The Labute approximate surface area is 224 Å². The standard InChI is InChI=1S/C29H39NO5SSi/c1-19(35-37(7,8)28(2,3)4)22-25(31)30-24(29(5,6)36(33)26(22)30)27(32)34-23(20-15-11-9-12-16-20)21-17-13-10-14-18-21/h9-19,22-24,26H,1-8H3/t19-,22+,24+,26-,36?/m1/s1. The summed E-state index contributed by atoms with van der Waals surface area (Å²) in [4.78, 5) is 28.8. The topological polar surface area (TPSA) is 72.9 Å². The number of nitrogens with zero attached hydrogens (tertiary/aromatic N) is 1. The summed E-state index contributed by atoms with van der Waals surface area (Å²) in [5.74, 6) is -1.26. The van der Waals surface area contributed by atoms with Gasteiger partial charge in [-0.1, -0.05) is 81.4 Å². The molecule has 0 spiro atoms. The first-order chi connectivity index (χ1) is 17.2. The van der Waals surface area contributed by atoms with Crippen molar-refractivity contribution in [2.75, 3.05) is 0 Å². The Bertz CT molecular complexity index is 1140. The average Bonchev–Trinajstić information content (AvgIpc) is 3.00. The lowest BCUT2D eigenvalue weighted by molar-refractivity contribution is -0.172. The van der Waals surface area contributed by atoms with Gasteiger partial charge in [0.15, 0.2) is 14.4 Å². The Kier molecular flexibility index (Phi) is 7.33. The summed E-state index contributed by atoms with van der Waals surface area (Å²) in [6.07, 6.45) is -1.02. The van der Waals surface area contributed by atoms with Gasteiger partial charge in [0.05, 0.1) is 27.6 Å². The molecule has 0 radical (unpaired) electrons. The van der Waals surface area contributed by atoms with Gasteiger partial charge in [-0.25, -0.2) is 4.79 Å². The number of esters is 1. The van der Waals surface area contributed by atoms with Crippen LogP contribution in [-0.2, 0) is 29.6 Å². The van der Waals surface area contributed by atoms with Crippen LogP contribution in [-0.4, -0.2) is 51.6 Å². The minimum absolute atomic E-state index is 0.0158. The molecule has 37 heavy (non-hydrogen) atoms. The molecule has 0 aromatic heterocycles. The van der Waals surface area contributed by atoms with E-state index in [1.807, 2.05) is 67.6 Å². The molecule has 0 saturated carbocycles. The Balaban J connectivity index is 1.60. The van der Waals surface area contributed by atoms with E-state index in [0.717, 1.165) is 11.1 Å². The Morgan fingerprint density at radius 1 is 1.00 bits per heavy atom. The number of carbonyl (C=O) groups excluding carboxylic acids is 2. The predicted molar refractivity (Wildman–Crippen MR) is 149 cm³/mol. The Morgan fingerprint density at radius 2 is 1.49 bits per heavy atom. The van der Waals surface area contributed by atoms with Gasteiger partial charge in [-0.05, 0) is 50.0 Å². The van der Waals surface area contributed by atoms with Gasteiger partial charge in [-0.3, -0.25) is 9.00 Å². The zero-order valence-electron chi connectivity index (χ0n) is 23.1. The fourth-order valence-corrected chi connectivity index (χ4v) is 8.60. The van der Waals surface area contributed by atoms with Crippen LogP contribution in [0.4, 0.5) is 0 Å². The van der Waals surface area contributed by atoms with Gasteiger partial charge < -0.3 is 14.1 Å². The highest BCUT2D eigenvalue weighted by atomic mass is 32.2.